The standard InChI is InChI=1S/C18H24ClN5OS/c1-2-24-16(21-17(25)20-14-9-4-3-5-10-14)22-23-18(24)26-12-13-8-6-7-11-15(13)19/h6-8,11,14H,2-5,9-10,12H2,1H3,(H2,20,21,22,25). The SMILES string of the molecule is CCn1c(NC(=O)NC2CCCCC2)nnc1SCc1ccccc1Cl. The van der Waals surface area contributed by atoms with Crippen molar-refractivity contribution in [3.05, 3.63) is 34.9 Å². The molecule has 3 rings (SSSR count). The van der Waals surface area contributed by atoms with Crippen LogP contribution in [0.15, 0.2) is 29.4 Å². The molecule has 1 heterocycles. The summed E-state index contributed by atoms with van der Waals surface area (Å²) in [7, 11) is 0. The summed E-state index contributed by atoms with van der Waals surface area (Å²) in [5.74, 6) is 1.17. The first-order chi connectivity index (χ1) is 12.7. The van der Waals surface area contributed by atoms with E-state index in [1.54, 1.807) is 11.8 Å². The number of aromatic nitrogens is 3. The molecule has 1 aliphatic carbocycles. The fraction of sp³-hybridized carbons (Fsp3) is 0.500. The first-order valence-corrected chi connectivity index (χ1v) is 10.4. The van der Waals surface area contributed by atoms with Crippen molar-refractivity contribution >= 4 is 35.3 Å². The van der Waals surface area contributed by atoms with Gasteiger partial charge in [0.2, 0.25) is 5.95 Å². The molecule has 0 radical (unpaired) electrons. The quantitative estimate of drug-likeness (QED) is 0.698. The average molecular weight is 394 g/mol. The highest BCUT2D eigenvalue weighted by Crippen LogP contribution is 2.27. The van der Waals surface area contributed by atoms with Gasteiger partial charge in [-0.2, -0.15) is 0 Å². The zero-order chi connectivity index (χ0) is 18.4. The molecule has 1 aliphatic rings. The van der Waals surface area contributed by atoms with Gasteiger partial charge in [-0.05, 0) is 31.4 Å². The summed E-state index contributed by atoms with van der Waals surface area (Å²) in [6.07, 6.45) is 5.72. The van der Waals surface area contributed by atoms with Crippen LogP contribution < -0.4 is 10.6 Å². The number of hydrogen-bond acceptors (Lipinski definition) is 4. The van der Waals surface area contributed by atoms with Gasteiger partial charge in [0.25, 0.3) is 0 Å². The van der Waals surface area contributed by atoms with E-state index in [9.17, 15) is 4.79 Å². The Balaban J connectivity index is 1.60. The molecule has 2 N–H and O–H groups in total. The highest BCUT2D eigenvalue weighted by Gasteiger charge is 2.18. The predicted octanol–water partition coefficient (Wildman–Crippen LogP) is 4.70. The van der Waals surface area contributed by atoms with Crippen LogP contribution in [0.25, 0.3) is 0 Å². The molecule has 140 valence electrons. The van der Waals surface area contributed by atoms with Crippen molar-refractivity contribution in [3.63, 3.8) is 0 Å². The number of carbonyl (C=O) groups excluding carboxylic acids is 1. The van der Waals surface area contributed by atoms with Gasteiger partial charge < -0.3 is 5.32 Å². The molecule has 6 nitrogen and oxygen atoms in total. The zero-order valence-electron chi connectivity index (χ0n) is 14.9. The van der Waals surface area contributed by atoms with Crippen LogP contribution in [-0.2, 0) is 12.3 Å². The predicted molar refractivity (Wildman–Crippen MR) is 106 cm³/mol. The second-order valence-corrected chi connectivity index (χ2v) is 7.71. The van der Waals surface area contributed by atoms with E-state index in [1.807, 2.05) is 35.8 Å². The minimum Gasteiger partial charge on any atom is -0.335 e. The molecular formula is C18H24ClN5OS. The van der Waals surface area contributed by atoms with E-state index < -0.39 is 0 Å². The molecular weight excluding hydrogens is 370 g/mol. The van der Waals surface area contributed by atoms with Crippen LogP contribution in [0.2, 0.25) is 5.02 Å². The lowest BCUT2D eigenvalue weighted by Gasteiger charge is -2.22. The van der Waals surface area contributed by atoms with Gasteiger partial charge in [-0.15, -0.1) is 10.2 Å². The molecule has 8 heteroatoms. The molecule has 26 heavy (non-hydrogen) atoms. The Morgan fingerprint density at radius 1 is 1.27 bits per heavy atom. The number of carbonyl (C=O) groups is 1. The Hall–Kier alpha value is -1.73. The molecule has 1 aromatic heterocycles. The van der Waals surface area contributed by atoms with Gasteiger partial charge in [0.15, 0.2) is 5.16 Å². The summed E-state index contributed by atoms with van der Waals surface area (Å²) >= 11 is 7.77. The molecule has 0 unspecified atom stereocenters. The minimum atomic E-state index is -0.207. The maximum Gasteiger partial charge on any atom is 0.321 e. The highest BCUT2D eigenvalue weighted by atomic mass is 35.5. The second-order valence-electron chi connectivity index (χ2n) is 6.36. The Morgan fingerprint density at radius 3 is 2.77 bits per heavy atom. The number of anilines is 1. The topological polar surface area (TPSA) is 71.8 Å². The van der Waals surface area contributed by atoms with E-state index in [0.29, 0.717) is 18.2 Å². The molecule has 0 atom stereocenters. The van der Waals surface area contributed by atoms with Crippen molar-refractivity contribution in [2.75, 3.05) is 5.32 Å². The Kier molecular flexibility index (Phi) is 6.80. The van der Waals surface area contributed by atoms with E-state index in [0.717, 1.165) is 28.6 Å². The van der Waals surface area contributed by atoms with Gasteiger partial charge >= 0.3 is 6.03 Å². The number of hydrogen-bond donors (Lipinski definition) is 2. The van der Waals surface area contributed by atoms with Crippen LogP contribution in [0, 0.1) is 0 Å². The zero-order valence-corrected chi connectivity index (χ0v) is 16.4. The van der Waals surface area contributed by atoms with Gasteiger partial charge in [-0.3, -0.25) is 9.88 Å². The number of urea groups is 1. The van der Waals surface area contributed by atoms with Crippen molar-refractivity contribution < 1.29 is 4.79 Å². The monoisotopic (exact) mass is 393 g/mol. The van der Waals surface area contributed by atoms with Crippen LogP contribution in [0.4, 0.5) is 10.7 Å². The normalized spacial score (nSPS) is 15.0. The second kappa shape index (κ2) is 9.28. The van der Waals surface area contributed by atoms with E-state index in [2.05, 4.69) is 20.8 Å². The molecule has 1 aromatic carbocycles. The molecule has 0 saturated heterocycles. The summed E-state index contributed by atoms with van der Waals surface area (Å²) in [5.41, 5.74) is 1.05. The number of thioether (sulfide) groups is 1. The van der Waals surface area contributed by atoms with E-state index in [4.69, 9.17) is 11.6 Å². The molecule has 0 bridgehead atoms. The van der Waals surface area contributed by atoms with Crippen molar-refractivity contribution in [1.82, 2.24) is 20.1 Å². The smallest absolute Gasteiger partial charge is 0.321 e. The Bertz CT molecular complexity index is 745. The number of nitrogens with zero attached hydrogens (tertiary/aromatic N) is 3. The fourth-order valence-corrected chi connectivity index (χ4v) is 4.39. The Morgan fingerprint density at radius 2 is 2.04 bits per heavy atom. The van der Waals surface area contributed by atoms with E-state index >= 15 is 0 Å². The third-order valence-corrected chi connectivity index (χ3v) is 5.90. The third-order valence-electron chi connectivity index (χ3n) is 4.51. The average Bonchev–Trinajstić information content (AvgIpc) is 3.03. The summed E-state index contributed by atoms with van der Waals surface area (Å²) < 4.78 is 1.90. The van der Waals surface area contributed by atoms with Crippen LogP contribution >= 0.6 is 23.4 Å². The van der Waals surface area contributed by atoms with Crippen LogP contribution in [0.1, 0.15) is 44.6 Å². The maximum atomic E-state index is 12.3. The minimum absolute atomic E-state index is 0.207. The van der Waals surface area contributed by atoms with Crippen molar-refractivity contribution in [2.24, 2.45) is 0 Å². The molecule has 2 aromatic rings. The summed E-state index contributed by atoms with van der Waals surface area (Å²) in [6, 6.07) is 7.81. The lowest BCUT2D eigenvalue weighted by atomic mass is 9.96. The van der Waals surface area contributed by atoms with Crippen molar-refractivity contribution in [1.29, 1.82) is 0 Å². The maximum absolute atomic E-state index is 12.3. The summed E-state index contributed by atoms with van der Waals surface area (Å²) in [4.78, 5) is 12.3. The molecule has 0 spiro atoms. The first-order valence-electron chi connectivity index (χ1n) is 9.04. The molecule has 2 amide bonds. The number of halogens is 1. The van der Waals surface area contributed by atoms with Crippen molar-refractivity contribution in [2.45, 2.75) is 62.5 Å². The highest BCUT2D eigenvalue weighted by molar-refractivity contribution is 7.98. The van der Waals surface area contributed by atoms with Gasteiger partial charge in [0.1, 0.15) is 0 Å². The number of benzene rings is 1. The van der Waals surface area contributed by atoms with Gasteiger partial charge in [-0.25, -0.2) is 4.79 Å². The van der Waals surface area contributed by atoms with Gasteiger partial charge in [-0.1, -0.05) is 60.8 Å². The summed E-state index contributed by atoms with van der Waals surface area (Å²) in [5, 5.41) is 15.7. The van der Waals surface area contributed by atoms with Gasteiger partial charge in [0.05, 0.1) is 0 Å². The summed E-state index contributed by atoms with van der Waals surface area (Å²) in [6.45, 7) is 2.68. The lowest BCUT2D eigenvalue weighted by molar-refractivity contribution is 0.244. The van der Waals surface area contributed by atoms with Crippen LogP contribution in [-0.4, -0.2) is 26.8 Å². The molecule has 0 aliphatic heterocycles. The third kappa shape index (κ3) is 4.92. The largest absolute Gasteiger partial charge is 0.335 e. The van der Waals surface area contributed by atoms with Crippen LogP contribution in [0.3, 0.4) is 0 Å². The van der Waals surface area contributed by atoms with Crippen LogP contribution in [0.5, 0.6) is 0 Å². The Labute approximate surface area is 163 Å². The number of rotatable bonds is 6. The lowest BCUT2D eigenvalue weighted by Crippen LogP contribution is -2.39. The first kappa shape index (κ1) is 19.0. The van der Waals surface area contributed by atoms with Crippen molar-refractivity contribution in [3.8, 4) is 0 Å². The fourth-order valence-electron chi connectivity index (χ4n) is 3.10. The number of nitrogens with one attached hydrogen (secondary N) is 2. The number of amides is 2. The van der Waals surface area contributed by atoms with E-state index in [1.165, 1.54) is 19.3 Å². The molecule has 1 fully saturated rings. The van der Waals surface area contributed by atoms with E-state index in [-0.39, 0.29) is 12.1 Å². The molecule has 1 saturated carbocycles. The van der Waals surface area contributed by atoms with Gasteiger partial charge in [0, 0.05) is 23.4 Å².